The van der Waals surface area contributed by atoms with Crippen LogP contribution in [0.5, 0.6) is 5.75 Å². The second kappa shape index (κ2) is 10.1. The van der Waals surface area contributed by atoms with Crippen LogP contribution in [0.4, 0.5) is 5.95 Å². The molecule has 1 aromatic carbocycles. The van der Waals surface area contributed by atoms with Gasteiger partial charge in [0.2, 0.25) is 11.7 Å². The van der Waals surface area contributed by atoms with E-state index in [2.05, 4.69) is 32.6 Å². The molecule has 0 atom stereocenters. The number of carbonyl (C=O) groups excluding carboxylic acids is 1. The Morgan fingerprint density at radius 1 is 1.27 bits per heavy atom. The molecule has 0 aliphatic heterocycles. The van der Waals surface area contributed by atoms with E-state index in [0.29, 0.717) is 17.9 Å². The number of hydrogen-bond acceptors (Lipinski definition) is 7. The molecule has 0 saturated carbocycles. The van der Waals surface area contributed by atoms with Crippen LogP contribution in [-0.4, -0.2) is 33.8 Å². The number of ether oxygens (including phenoxy) is 1. The molecule has 0 bridgehead atoms. The molecule has 8 heteroatoms. The smallest absolute Gasteiger partial charge is 0.274 e. The van der Waals surface area contributed by atoms with Crippen LogP contribution in [-0.2, 0) is 0 Å². The van der Waals surface area contributed by atoms with E-state index >= 15 is 0 Å². The van der Waals surface area contributed by atoms with Crippen molar-refractivity contribution in [3.05, 3.63) is 45.9 Å². The number of rotatable bonds is 10. The van der Waals surface area contributed by atoms with Gasteiger partial charge in [-0.2, -0.15) is 5.10 Å². The predicted octanol–water partition coefficient (Wildman–Crippen LogP) is 2.71. The van der Waals surface area contributed by atoms with Gasteiger partial charge in [0.05, 0.1) is 18.4 Å². The topological polar surface area (TPSA) is 109 Å². The lowest BCUT2D eigenvalue weighted by atomic mass is 10.1. The number of aromatic amines is 1. The number of benzene rings is 1. The molecule has 8 nitrogen and oxygen atoms in total. The quantitative estimate of drug-likeness (QED) is 0.293. The summed E-state index contributed by atoms with van der Waals surface area (Å²) in [4.78, 5) is 26.2. The number of ketones is 1. The molecule has 0 radical (unpaired) electrons. The van der Waals surface area contributed by atoms with E-state index in [-0.39, 0.29) is 23.0 Å². The summed E-state index contributed by atoms with van der Waals surface area (Å²) in [5.41, 5.74) is 2.79. The van der Waals surface area contributed by atoms with E-state index in [9.17, 15) is 9.59 Å². The fraction of sp³-hybridized carbons (Fsp3) is 0.389. The average molecular weight is 357 g/mol. The Morgan fingerprint density at radius 3 is 2.85 bits per heavy atom. The number of carbonyl (C=O) groups is 1. The minimum atomic E-state index is -0.370. The number of H-pyrrole nitrogens is 1. The van der Waals surface area contributed by atoms with Crippen LogP contribution < -0.4 is 15.7 Å². The highest BCUT2D eigenvalue weighted by Crippen LogP contribution is 2.18. The van der Waals surface area contributed by atoms with E-state index in [1.54, 1.807) is 25.1 Å². The summed E-state index contributed by atoms with van der Waals surface area (Å²) in [6.07, 6.45) is 5.50. The van der Waals surface area contributed by atoms with Crippen LogP contribution in [0.25, 0.3) is 0 Å². The van der Waals surface area contributed by atoms with Crippen molar-refractivity contribution in [2.75, 3.05) is 12.0 Å². The molecular weight excluding hydrogens is 334 g/mol. The van der Waals surface area contributed by atoms with Gasteiger partial charge in [0.15, 0.2) is 0 Å². The van der Waals surface area contributed by atoms with Gasteiger partial charge >= 0.3 is 0 Å². The maximum atomic E-state index is 12.3. The first kappa shape index (κ1) is 19.3. The normalized spacial score (nSPS) is 10.8. The highest BCUT2D eigenvalue weighted by molar-refractivity contribution is 6.36. The van der Waals surface area contributed by atoms with Gasteiger partial charge in [-0.05, 0) is 25.5 Å². The van der Waals surface area contributed by atoms with Gasteiger partial charge in [-0.15, -0.1) is 10.2 Å². The van der Waals surface area contributed by atoms with Gasteiger partial charge < -0.3 is 4.74 Å². The number of anilines is 1. The number of para-hydroxylation sites is 1. The first-order chi connectivity index (χ1) is 12.6. The maximum absolute atomic E-state index is 12.3. The summed E-state index contributed by atoms with van der Waals surface area (Å²) in [5, 5.41) is 11.2. The van der Waals surface area contributed by atoms with Gasteiger partial charge in [-0.1, -0.05) is 38.3 Å². The molecule has 0 aliphatic carbocycles. The standard InChI is InChI=1S/C18H23N5O3/c1-3-4-5-8-11-26-16-10-7-6-9-14(16)15(24)12-19-22-18-20-17(25)13(2)21-23-18/h6-7,9-10,12H,3-5,8,11H2,1-2H3,(H2,20,22,23,25)/b19-12+. The van der Waals surface area contributed by atoms with Gasteiger partial charge in [-0.25, -0.2) is 5.43 Å². The summed E-state index contributed by atoms with van der Waals surface area (Å²) in [7, 11) is 0. The zero-order chi connectivity index (χ0) is 18.8. The summed E-state index contributed by atoms with van der Waals surface area (Å²) < 4.78 is 5.73. The van der Waals surface area contributed by atoms with E-state index in [4.69, 9.17) is 4.74 Å². The molecule has 1 heterocycles. The van der Waals surface area contributed by atoms with Crippen molar-refractivity contribution in [1.82, 2.24) is 15.2 Å². The second-order valence-electron chi connectivity index (χ2n) is 5.73. The molecule has 0 amide bonds. The minimum Gasteiger partial charge on any atom is -0.493 e. The van der Waals surface area contributed by atoms with Gasteiger partial charge in [-0.3, -0.25) is 14.6 Å². The van der Waals surface area contributed by atoms with Crippen LogP contribution >= 0.6 is 0 Å². The molecule has 26 heavy (non-hydrogen) atoms. The first-order valence-electron chi connectivity index (χ1n) is 8.60. The summed E-state index contributed by atoms with van der Waals surface area (Å²) in [6.45, 7) is 4.27. The molecule has 0 unspecified atom stereocenters. The second-order valence-corrected chi connectivity index (χ2v) is 5.73. The van der Waals surface area contributed by atoms with Crippen molar-refractivity contribution in [2.45, 2.75) is 39.5 Å². The van der Waals surface area contributed by atoms with Gasteiger partial charge in [0.25, 0.3) is 5.56 Å². The number of unbranched alkanes of at least 4 members (excludes halogenated alkanes) is 3. The van der Waals surface area contributed by atoms with Gasteiger partial charge in [0.1, 0.15) is 11.4 Å². The van der Waals surface area contributed by atoms with Crippen LogP contribution in [0.1, 0.15) is 48.7 Å². The third-order valence-corrected chi connectivity index (χ3v) is 3.62. The molecule has 2 rings (SSSR count). The zero-order valence-corrected chi connectivity index (χ0v) is 15.0. The Labute approximate surface area is 151 Å². The molecule has 2 aromatic rings. The molecule has 1 aromatic heterocycles. The van der Waals surface area contributed by atoms with Crippen LogP contribution in [0, 0.1) is 6.92 Å². The van der Waals surface area contributed by atoms with Crippen molar-refractivity contribution in [3.8, 4) is 5.75 Å². The number of hydrazone groups is 1. The minimum absolute atomic E-state index is 0.0603. The SMILES string of the molecule is CCCCCCOc1ccccc1C(=O)/C=N/Nc1nnc(C)c(=O)[nH]1. The van der Waals surface area contributed by atoms with E-state index in [0.717, 1.165) is 25.5 Å². The van der Waals surface area contributed by atoms with Crippen molar-refractivity contribution < 1.29 is 9.53 Å². The summed E-state index contributed by atoms with van der Waals surface area (Å²) >= 11 is 0. The molecule has 0 saturated heterocycles. The number of Topliss-reactive ketones (excluding diaryl/α,β-unsaturated/α-hetero) is 1. The van der Waals surface area contributed by atoms with Crippen molar-refractivity contribution in [3.63, 3.8) is 0 Å². The Morgan fingerprint density at radius 2 is 2.08 bits per heavy atom. The highest BCUT2D eigenvalue weighted by atomic mass is 16.5. The molecule has 138 valence electrons. The number of hydrogen-bond donors (Lipinski definition) is 2. The summed E-state index contributed by atoms with van der Waals surface area (Å²) in [5.74, 6) is 0.276. The monoisotopic (exact) mass is 357 g/mol. The number of nitrogens with zero attached hydrogens (tertiary/aromatic N) is 3. The largest absolute Gasteiger partial charge is 0.493 e. The van der Waals surface area contributed by atoms with E-state index in [1.165, 1.54) is 6.42 Å². The van der Waals surface area contributed by atoms with Crippen LogP contribution in [0.3, 0.4) is 0 Å². The van der Waals surface area contributed by atoms with Crippen LogP contribution in [0.15, 0.2) is 34.2 Å². The first-order valence-corrected chi connectivity index (χ1v) is 8.60. The van der Waals surface area contributed by atoms with E-state index < -0.39 is 0 Å². The lowest BCUT2D eigenvalue weighted by Crippen LogP contribution is -2.15. The fourth-order valence-electron chi connectivity index (χ4n) is 2.17. The third-order valence-electron chi connectivity index (χ3n) is 3.62. The van der Waals surface area contributed by atoms with Crippen molar-refractivity contribution in [2.24, 2.45) is 5.10 Å². The lowest BCUT2D eigenvalue weighted by molar-refractivity contribution is 0.106. The zero-order valence-electron chi connectivity index (χ0n) is 15.0. The van der Waals surface area contributed by atoms with Crippen LogP contribution in [0.2, 0.25) is 0 Å². The lowest BCUT2D eigenvalue weighted by Gasteiger charge is -2.09. The number of aryl methyl sites for hydroxylation is 1. The molecule has 0 spiro atoms. The van der Waals surface area contributed by atoms with E-state index in [1.807, 2.05) is 6.07 Å². The predicted molar refractivity (Wildman–Crippen MR) is 99.9 cm³/mol. The Kier molecular flexibility index (Phi) is 7.48. The summed E-state index contributed by atoms with van der Waals surface area (Å²) in [6, 6.07) is 7.03. The van der Waals surface area contributed by atoms with Crippen molar-refractivity contribution in [1.29, 1.82) is 0 Å². The fourth-order valence-corrected chi connectivity index (χ4v) is 2.17. The maximum Gasteiger partial charge on any atom is 0.274 e. The number of nitrogens with one attached hydrogen (secondary N) is 2. The Hall–Kier alpha value is -3.03. The highest BCUT2D eigenvalue weighted by Gasteiger charge is 2.10. The average Bonchev–Trinajstić information content (AvgIpc) is 2.64. The molecule has 2 N–H and O–H groups in total. The molecule has 0 fully saturated rings. The third kappa shape index (κ3) is 5.80. The molecular formula is C18H23N5O3. The Balaban J connectivity index is 1.95. The molecule has 0 aliphatic rings. The van der Waals surface area contributed by atoms with Gasteiger partial charge in [0, 0.05) is 0 Å². The Bertz CT molecular complexity index is 816. The number of aromatic nitrogens is 3. The van der Waals surface area contributed by atoms with Crippen molar-refractivity contribution >= 4 is 17.9 Å².